The molecule has 0 radical (unpaired) electrons. The summed E-state index contributed by atoms with van der Waals surface area (Å²) in [6.07, 6.45) is -11.8. The van der Waals surface area contributed by atoms with E-state index >= 15 is 0 Å². The number of rotatable bonds is 6. The molecule has 0 aliphatic rings. The van der Waals surface area contributed by atoms with Gasteiger partial charge in [-0.25, -0.2) is 4.39 Å². The molecular formula is C17H20F7NO. The Morgan fingerprint density at radius 2 is 1.35 bits per heavy atom. The highest BCUT2D eigenvalue weighted by Gasteiger charge is 2.73. The zero-order chi connectivity index (χ0) is 20.5. The number of Topliss-reactive ketones (excluding diaryl/α,β-unsaturated/α-hetero) is 1. The number of aryl methyl sites for hydroxylation is 2. The van der Waals surface area contributed by atoms with Crippen molar-refractivity contribution >= 4 is 5.78 Å². The van der Waals surface area contributed by atoms with Gasteiger partial charge < -0.3 is 4.90 Å². The molecule has 1 rings (SSSR count). The summed E-state index contributed by atoms with van der Waals surface area (Å²) >= 11 is 0. The third-order valence-corrected chi connectivity index (χ3v) is 4.00. The van der Waals surface area contributed by atoms with Crippen LogP contribution in [0, 0.1) is 13.8 Å². The second kappa shape index (κ2) is 7.54. The molecule has 148 valence electrons. The monoisotopic (exact) mass is 387 g/mol. The lowest BCUT2D eigenvalue weighted by Gasteiger charge is -2.31. The van der Waals surface area contributed by atoms with Crippen molar-refractivity contribution in [2.75, 3.05) is 20.6 Å². The van der Waals surface area contributed by atoms with Crippen molar-refractivity contribution in [1.82, 2.24) is 4.90 Å². The van der Waals surface area contributed by atoms with Crippen LogP contribution in [0.4, 0.5) is 30.7 Å². The highest BCUT2D eigenvalue weighted by molar-refractivity contribution is 5.98. The van der Waals surface area contributed by atoms with Crippen molar-refractivity contribution < 1.29 is 35.5 Å². The predicted molar refractivity (Wildman–Crippen MR) is 82.9 cm³/mol. The van der Waals surface area contributed by atoms with Crippen molar-refractivity contribution in [2.45, 2.75) is 44.7 Å². The summed E-state index contributed by atoms with van der Waals surface area (Å²) in [6, 6.07) is 0.903. The molecule has 2 nitrogen and oxygen atoms in total. The molecule has 0 amide bonds. The van der Waals surface area contributed by atoms with E-state index in [2.05, 4.69) is 0 Å². The maximum atomic E-state index is 14.2. The molecule has 9 heteroatoms. The fourth-order valence-corrected chi connectivity index (χ4v) is 2.77. The van der Waals surface area contributed by atoms with Crippen LogP contribution in [0.25, 0.3) is 0 Å². The first-order chi connectivity index (χ1) is 11.6. The van der Waals surface area contributed by atoms with Crippen LogP contribution in [0.1, 0.15) is 39.9 Å². The third kappa shape index (κ3) is 4.36. The summed E-state index contributed by atoms with van der Waals surface area (Å²) in [5.41, 5.74) is -7.28. The molecule has 0 unspecified atom stereocenters. The lowest BCUT2D eigenvalue weighted by molar-refractivity contribution is -0.348. The molecule has 0 aliphatic carbocycles. The number of alkyl halides is 7. The van der Waals surface area contributed by atoms with Crippen LogP contribution in [0.5, 0.6) is 0 Å². The van der Waals surface area contributed by atoms with Crippen LogP contribution in [0.15, 0.2) is 12.1 Å². The largest absolute Gasteiger partial charge is 0.435 e. The second-order valence-electron chi connectivity index (χ2n) is 6.47. The van der Waals surface area contributed by atoms with Crippen molar-refractivity contribution in [3.05, 3.63) is 34.4 Å². The molecule has 0 saturated carbocycles. The van der Waals surface area contributed by atoms with E-state index in [4.69, 9.17) is 0 Å². The molecule has 1 aromatic carbocycles. The fourth-order valence-electron chi connectivity index (χ4n) is 2.77. The number of ketones is 1. The summed E-state index contributed by atoms with van der Waals surface area (Å²) in [5.74, 6) is -0.406. The van der Waals surface area contributed by atoms with Gasteiger partial charge in [-0.15, -0.1) is 0 Å². The highest BCUT2D eigenvalue weighted by Crippen LogP contribution is 2.53. The molecule has 0 spiro atoms. The minimum Gasteiger partial charge on any atom is -0.309 e. The Morgan fingerprint density at radius 3 is 1.69 bits per heavy atom. The number of hydrogen-bond donors (Lipinski definition) is 0. The van der Waals surface area contributed by atoms with Gasteiger partial charge >= 0.3 is 18.0 Å². The van der Waals surface area contributed by atoms with Crippen LogP contribution in [-0.2, 0) is 5.67 Å². The van der Waals surface area contributed by atoms with Gasteiger partial charge in [0.1, 0.15) is 0 Å². The summed E-state index contributed by atoms with van der Waals surface area (Å²) < 4.78 is 91.5. The lowest BCUT2D eigenvalue weighted by atomic mass is 9.87. The zero-order valence-electron chi connectivity index (χ0n) is 14.8. The molecule has 0 heterocycles. The molecule has 0 aromatic heterocycles. The molecule has 0 bridgehead atoms. The van der Waals surface area contributed by atoms with Crippen LogP contribution >= 0.6 is 0 Å². The van der Waals surface area contributed by atoms with Gasteiger partial charge in [0.15, 0.2) is 5.78 Å². The van der Waals surface area contributed by atoms with Crippen LogP contribution in [0.3, 0.4) is 0 Å². The Balaban J connectivity index is 3.34. The first-order valence-electron chi connectivity index (χ1n) is 7.75. The predicted octanol–water partition coefficient (Wildman–Crippen LogP) is 5.12. The van der Waals surface area contributed by atoms with Gasteiger partial charge in [-0.05, 0) is 52.0 Å². The maximum absolute atomic E-state index is 14.2. The van der Waals surface area contributed by atoms with E-state index in [0.717, 1.165) is 0 Å². The van der Waals surface area contributed by atoms with E-state index in [1.54, 1.807) is 14.1 Å². The quantitative estimate of drug-likeness (QED) is 0.499. The van der Waals surface area contributed by atoms with Crippen molar-refractivity contribution in [2.24, 2.45) is 0 Å². The molecule has 26 heavy (non-hydrogen) atoms. The Kier molecular flexibility index (Phi) is 6.50. The van der Waals surface area contributed by atoms with Crippen LogP contribution in [-0.4, -0.2) is 43.7 Å². The van der Waals surface area contributed by atoms with Crippen molar-refractivity contribution in [3.63, 3.8) is 0 Å². The van der Waals surface area contributed by atoms with E-state index in [0.29, 0.717) is 25.1 Å². The Hall–Kier alpha value is -1.64. The number of nitrogens with zero attached hydrogens (tertiary/aromatic N) is 1. The first kappa shape index (κ1) is 22.4. The normalized spacial score (nSPS) is 13.4. The number of hydrogen-bond acceptors (Lipinski definition) is 2. The standard InChI is InChI=1S/C17H20F7NO/c1-10-8-12(15(18,16(19,20)21)17(22,23)24)9-11(2)14(10)13(26)6-5-7-25(3)4/h8-9H,5-7H2,1-4H3. The number of benzene rings is 1. The Morgan fingerprint density at radius 1 is 0.923 bits per heavy atom. The van der Waals surface area contributed by atoms with Gasteiger partial charge in [0.2, 0.25) is 0 Å². The third-order valence-electron chi connectivity index (χ3n) is 4.00. The first-order valence-corrected chi connectivity index (χ1v) is 7.75. The van der Waals surface area contributed by atoms with Gasteiger partial charge in [-0.2, -0.15) is 26.3 Å². The van der Waals surface area contributed by atoms with Crippen molar-refractivity contribution in [1.29, 1.82) is 0 Å². The van der Waals surface area contributed by atoms with E-state index in [1.807, 2.05) is 4.90 Å². The van der Waals surface area contributed by atoms with Gasteiger partial charge in [0, 0.05) is 17.5 Å². The van der Waals surface area contributed by atoms with Gasteiger partial charge in [-0.1, -0.05) is 12.1 Å². The summed E-state index contributed by atoms with van der Waals surface area (Å²) in [7, 11) is 3.59. The Labute approximate surface area is 147 Å². The highest BCUT2D eigenvalue weighted by atomic mass is 19.4. The fraction of sp³-hybridized carbons (Fsp3) is 0.588. The Bertz CT molecular complexity index is 625. The molecule has 0 aliphatic heterocycles. The molecule has 0 atom stereocenters. The summed E-state index contributed by atoms with van der Waals surface area (Å²) in [6.45, 7) is 2.99. The van der Waals surface area contributed by atoms with Gasteiger partial charge in [0.05, 0.1) is 0 Å². The minimum atomic E-state index is -6.18. The average molecular weight is 387 g/mol. The average Bonchev–Trinajstić information content (AvgIpc) is 2.42. The van der Waals surface area contributed by atoms with E-state index in [9.17, 15) is 35.5 Å². The molecular weight excluding hydrogens is 367 g/mol. The van der Waals surface area contributed by atoms with Gasteiger partial charge in [0.25, 0.3) is 0 Å². The lowest BCUT2D eigenvalue weighted by Crippen LogP contribution is -2.50. The summed E-state index contributed by atoms with van der Waals surface area (Å²) in [4.78, 5) is 14.1. The minimum absolute atomic E-state index is 0.0270. The molecule has 0 saturated heterocycles. The molecule has 0 N–H and O–H groups in total. The van der Waals surface area contributed by atoms with Crippen molar-refractivity contribution in [3.8, 4) is 0 Å². The van der Waals surface area contributed by atoms with Crippen LogP contribution < -0.4 is 0 Å². The SMILES string of the molecule is Cc1cc(C(F)(C(F)(F)F)C(F)(F)F)cc(C)c1C(=O)CCCN(C)C. The topological polar surface area (TPSA) is 20.3 Å². The van der Waals surface area contributed by atoms with Crippen LogP contribution in [0.2, 0.25) is 0 Å². The molecule has 0 fully saturated rings. The number of carbonyl (C=O) groups excluding carboxylic acids is 1. The van der Waals surface area contributed by atoms with E-state index < -0.39 is 29.4 Å². The summed E-state index contributed by atoms with van der Waals surface area (Å²) in [5, 5.41) is 0. The van der Waals surface area contributed by atoms with E-state index in [1.165, 1.54) is 13.8 Å². The zero-order valence-corrected chi connectivity index (χ0v) is 14.8. The van der Waals surface area contributed by atoms with Gasteiger partial charge in [-0.3, -0.25) is 4.79 Å². The maximum Gasteiger partial charge on any atom is 0.435 e. The second-order valence-corrected chi connectivity index (χ2v) is 6.47. The smallest absolute Gasteiger partial charge is 0.309 e. The van der Waals surface area contributed by atoms with E-state index in [-0.39, 0.29) is 23.1 Å². The molecule has 1 aromatic rings. The number of carbonyl (C=O) groups is 1. The number of halogens is 7.